The summed E-state index contributed by atoms with van der Waals surface area (Å²) in [6.07, 6.45) is 3.57. The maximum absolute atomic E-state index is 12.6. The second-order valence-corrected chi connectivity index (χ2v) is 8.65. The van der Waals surface area contributed by atoms with Crippen LogP contribution in [0.2, 0.25) is 5.02 Å². The number of aryl methyl sites for hydroxylation is 1. The summed E-state index contributed by atoms with van der Waals surface area (Å²) in [4.78, 5) is 14.9. The van der Waals surface area contributed by atoms with Gasteiger partial charge in [0.15, 0.2) is 0 Å². The topological polar surface area (TPSA) is 71.3 Å². The van der Waals surface area contributed by atoms with E-state index >= 15 is 0 Å². The Labute approximate surface area is 185 Å². The standard InChI is InChI=1S/C22H23ClN4O2S/c1-15-6-5-7-16(12-15)21-25-26-22(29-21)30-14-20(28)24-18-13-17(23)8-9-19(18)27-10-3-2-4-11-27/h5-9,12-13H,2-4,10-11,14H2,1H3,(H,24,28). The zero-order valence-corrected chi connectivity index (χ0v) is 18.3. The molecule has 0 bridgehead atoms. The number of hydrogen-bond donors (Lipinski definition) is 1. The monoisotopic (exact) mass is 442 g/mol. The molecule has 8 heteroatoms. The zero-order valence-electron chi connectivity index (χ0n) is 16.7. The molecule has 0 unspecified atom stereocenters. The van der Waals surface area contributed by atoms with Gasteiger partial charge in [0.25, 0.3) is 5.22 Å². The Morgan fingerprint density at radius 2 is 2.00 bits per heavy atom. The average Bonchev–Trinajstić information content (AvgIpc) is 3.22. The van der Waals surface area contributed by atoms with Crippen molar-refractivity contribution >= 4 is 40.6 Å². The number of amides is 1. The fourth-order valence-corrected chi connectivity index (χ4v) is 4.23. The van der Waals surface area contributed by atoms with Crippen molar-refractivity contribution in [2.75, 3.05) is 29.1 Å². The van der Waals surface area contributed by atoms with Crippen molar-refractivity contribution in [2.24, 2.45) is 0 Å². The van der Waals surface area contributed by atoms with Crippen LogP contribution in [0.15, 0.2) is 52.1 Å². The number of piperidine rings is 1. The fraction of sp³-hybridized carbons (Fsp3) is 0.318. The number of thioether (sulfide) groups is 1. The maximum atomic E-state index is 12.6. The van der Waals surface area contributed by atoms with Crippen LogP contribution in [0.1, 0.15) is 24.8 Å². The van der Waals surface area contributed by atoms with E-state index in [4.69, 9.17) is 16.0 Å². The molecule has 1 aliphatic rings. The van der Waals surface area contributed by atoms with Crippen LogP contribution >= 0.6 is 23.4 Å². The van der Waals surface area contributed by atoms with Gasteiger partial charge in [-0.15, -0.1) is 10.2 Å². The van der Waals surface area contributed by atoms with E-state index in [-0.39, 0.29) is 11.7 Å². The van der Waals surface area contributed by atoms with E-state index in [1.807, 2.05) is 43.3 Å². The normalized spacial score (nSPS) is 14.0. The number of aromatic nitrogens is 2. The molecule has 0 aliphatic carbocycles. The van der Waals surface area contributed by atoms with Crippen LogP contribution in [0.5, 0.6) is 0 Å². The van der Waals surface area contributed by atoms with Crippen molar-refractivity contribution in [1.29, 1.82) is 0 Å². The number of benzene rings is 2. The molecule has 2 heterocycles. The molecule has 1 amide bonds. The Morgan fingerprint density at radius 3 is 2.80 bits per heavy atom. The van der Waals surface area contributed by atoms with Crippen molar-refractivity contribution in [3.05, 3.63) is 53.1 Å². The summed E-state index contributed by atoms with van der Waals surface area (Å²) in [5.74, 6) is 0.473. The molecule has 4 rings (SSSR count). The highest BCUT2D eigenvalue weighted by Gasteiger charge is 2.17. The smallest absolute Gasteiger partial charge is 0.277 e. The predicted molar refractivity (Wildman–Crippen MR) is 121 cm³/mol. The van der Waals surface area contributed by atoms with Crippen LogP contribution in [0.4, 0.5) is 11.4 Å². The minimum Gasteiger partial charge on any atom is -0.411 e. The van der Waals surface area contributed by atoms with Crippen LogP contribution in [-0.4, -0.2) is 34.9 Å². The lowest BCUT2D eigenvalue weighted by Gasteiger charge is -2.30. The molecule has 30 heavy (non-hydrogen) atoms. The summed E-state index contributed by atoms with van der Waals surface area (Å²) in [5.41, 5.74) is 3.73. The fourth-order valence-electron chi connectivity index (χ4n) is 3.50. The van der Waals surface area contributed by atoms with Crippen LogP contribution in [0.3, 0.4) is 0 Å². The highest BCUT2D eigenvalue weighted by molar-refractivity contribution is 7.99. The van der Waals surface area contributed by atoms with E-state index in [9.17, 15) is 4.79 Å². The number of nitrogens with zero attached hydrogens (tertiary/aromatic N) is 3. The van der Waals surface area contributed by atoms with Gasteiger partial charge in [-0.3, -0.25) is 4.79 Å². The third-order valence-corrected chi connectivity index (χ3v) is 5.98. The quantitative estimate of drug-likeness (QED) is 0.514. The van der Waals surface area contributed by atoms with Gasteiger partial charge < -0.3 is 14.6 Å². The number of carbonyl (C=O) groups is 1. The molecule has 2 aromatic carbocycles. The lowest BCUT2D eigenvalue weighted by Crippen LogP contribution is -2.30. The Hall–Kier alpha value is -2.51. The lowest BCUT2D eigenvalue weighted by molar-refractivity contribution is -0.113. The van der Waals surface area contributed by atoms with Crippen LogP contribution < -0.4 is 10.2 Å². The van der Waals surface area contributed by atoms with E-state index in [0.29, 0.717) is 16.1 Å². The number of rotatable bonds is 6. The molecule has 156 valence electrons. The number of carbonyl (C=O) groups excluding carboxylic acids is 1. The molecule has 1 fully saturated rings. The zero-order chi connectivity index (χ0) is 20.9. The first-order valence-electron chi connectivity index (χ1n) is 9.96. The number of anilines is 2. The first-order valence-corrected chi connectivity index (χ1v) is 11.3. The predicted octanol–water partition coefficient (Wildman–Crippen LogP) is 5.42. The van der Waals surface area contributed by atoms with Crippen molar-refractivity contribution < 1.29 is 9.21 Å². The summed E-state index contributed by atoms with van der Waals surface area (Å²) in [6.45, 7) is 3.99. The van der Waals surface area contributed by atoms with Crippen LogP contribution in [0, 0.1) is 6.92 Å². The summed E-state index contributed by atoms with van der Waals surface area (Å²) < 4.78 is 5.69. The molecule has 0 spiro atoms. The first-order chi connectivity index (χ1) is 14.6. The third-order valence-electron chi connectivity index (χ3n) is 4.93. The Bertz CT molecular complexity index is 1030. The molecule has 0 saturated carbocycles. The van der Waals surface area contributed by atoms with Gasteiger partial charge >= 0.3 is 0 Å². The number of halogens is 1. The second kappa shape index (κ2) is 9.53. The summed E-state index contributed by atoms with van der Waals surface area (Å²) in [6, 6.07) is 13.5. The summed E-state index contributed by atoms with van der Waals surface area (Å²) in [7, 11) is 0. The lowest BCUT2D eigenvalue weighted by atomic mass is 10.1. The van der Waals surface area contributed by atoms with Gasteiger partial charge in [0.1, 0.15) is 0 Å². The number of hydrogen-bond acceptors (Lipinski definition) is 6. The molecular weight excluding hydrogens is 420 g/mol. The SMILES string of the molecule is Cc1cccc(-c2nnc(SCC(=O)Nc3cc(Cl)ccc3N3CCCCC3)o2)c1. The van der Waals surface area contributed by atoms with E-state index in [1.54, 1.807) is 6.07 Å². The molecule has 0 radical (unpaired) electrons. The van der Waals surface area contributed by atoms with Crippen molar-refractivity contribution in [3.8, 4) is 11.5 Å². The number of nitrogens with one attached hydrogen (secondary N) is 1. The van der Waals surface area contributed by atoms with Gasteiger partial charge in [0.05, 0.1) is 17.1 Å². The van der Waals surface area contributed by atoms with Crippen LogP contribution in [-0.2, 0) is 4.79 Å². The second-order valence-electron chi connectivity index (χ2n) is 7.29. The van der Waals surface area contributed by atoms with Crippen molar-refractivity contribution in [3.63, 3.8) is 0 Å². The molecule has 1 aliphatic heterocycles. The van der Waals surface area contributed by atoms with E-state index in [2.05, 4.69) is 20.4 Å². The molecule has 3 aromatic rings. The first kappa shape index (κ1) is 20.8. The summed E-state index contributed by atoms with van der Waals surface area (Å²) in [5, 5.41) is 12.1. The van der Waals surface area contributed by atoms with Gasteiger partial charge in [-0.1, -0.05) is 41.1 Å². The van der Waals surface area contributed by atoms with E-state index < -0.39 is 0 Å². The van der Waals surface area contributed by atoms with E-state index in [1.165, 1.54) is 18.2 Å². The Morgan fingerprint density at radius 1 is 1.17 bits per heavy atom. The maximum Gasteiger partial charge on any atom is 0.277 e. The highest BCUT2D eigenvalue weighted by Crippen LogP contribution is 2.31. The van der Waals surface area contributed by atoms with Gasteiger partial charge in [0, 0.05) is 23.7 Å². The van der Waals surface area contributed by atoms with Gasteiger partial charge in [0.2, 0.25) is 11.8 Å². The molecule has 1 N–H and O–H groups in total. The summed E-state index contributed by atoms with van der Waals surface area (Å²) >= 11 is 7.39. The van der Waals surface area contributed by atoms with Gasteiger partial charge in [-0.25, -0.2) is 0 Å². The molecule has 1 aromatic heterocycles. The van der Waals surface area contributed by atoms with Gasteiger partial charge in [-0.05, 0) is 56.5 Å². The largest absolute Gasteiger partial charge is 0.411 e. The average molecular weight is 443 g/mol. The van der Waals surface area contributed by atoms with Crippen molar-refractivity contribution in [1.82, 2.24) is 10.2 Å². The molecule has 6 nitrogen and oxygen atoms in total. The molecule has 0 atom stereocenters. The highest BCUT2D eigenvalue weighted by atomic mass is 35.5. The van der Waals surface area contributed by atoms with Gasteiger partial charge in [-0.2, -0.15) is 0 Å². The molecular formula is C22H23ClN4O2S. The Balaban J connectivity index is 1.39. The van der Waals surface area contributed by atoms with E-state index in [0.717, 1.165) is 48.4 Å². The third kappa shape index (κ3) is 5.15. The minimum atomic E-state index is -0.143. The van der Waals surface area contributed by atoms with Crippen LogP contribution in [0.25, 0.3) is 11.5 Å². The molecule has 1 saturated heterocycles. The van der Waals surface area contributed by atoms with Crippen molar-refractivity contribution in [2.45, 2.75) is 31.4 Å². The minimum absolute atomic E-state index is 0.143. The Kier molecular flexibility index (Phi) is 6.59.